The molecule has 1 fully saturated rings. The zero-order valence-electron chi connectivity index (χ0n) is 34.2. The molecule has 0 saturated heterocycles. The highest BCUT2D eigenvalue weighted by Crippen LogP contribution is 2.57. The normalized spacial score (nSPS) is 16.7. The number of hydrogen-bond acceptors (Lipinski definition) is 4. The van der Waals surface area contributed by atoms with Crippen molar-refractivity contribution in [2.75, 3.05) is 0 Å². The molecule has 3 aliphatic rings. The first-order chi connectivity index (χ1) is 30.7. The van der Waals surface area contributed by atoms with Crippen LogP contribution in [0.3, 0.4) is 0 Å². The third-order valence-electron chi connectivity index (χ3n) is 13.9. The lowest BCUT2D eigenvalue weighted by Gasteiger charge is -2.36. The second kappa shape index (κ2) is 13.8. The monoisotopic (exact) mass is 798 g/mol. The number of fused-ring (bicyclic) bond motifs is 11. The van der Waals surface area contributed by atoms with Crippen molar-refractivity contribution in [3.05, 3.63) is 204 Å². The molecule has 13 rings (SSSR count). The lowest BCUT2D eigenvalue weighted by molar-refractivity contribution is 0.353. The number of nitrogens with zero attached hydrogens (tertiary/aromatic N) is 3. The molecule has 62 heavy (non-hydrogen) atoms. The Morgan fingerprint density at radius 3 is 1.97 bits per heavy atom. The van der Waals surface area contributed by atoms with Crippen LogP contribution in [0.1, 0.15) is 60.5 Å². The van der Waals surface area contributed by atoms with Crippen molar-refractivity contribution < 1.29 is 4.42 Å². The minimum Gasteiger partial charge on any atom is -0.456 e. The zero-order chi connectivity index (χ0) is 40.8. The largest absolute Gasteiger partial charge is 0.456 e. The fourth-order valence-electron chi connectivity index (χ4n) is 10.9. The van der Waals surface area contributed by atoms with Gasteiger partial charge in [0.1, 0.15) is 17.3 Å². The van der Waals surface area contributed by atoms with Gasteiger partial charge in [0.05, 0.1) is 11.0 Å². The summed E-state index contributed by atoms with van der Waals surface area (Å²) >= 11 is 0. The van der Waals surface area contributed by atoms with Crippen LogP contribution in [-0.4, -0.2) is 16.4 Å². The van der Waals surface area contributed by atoms with E-state index in [1.807, 2.05) is 0 Å². The van der Waals surface area contributed by atoms with E-state index in [9.17, 15) is 0 Å². The van der Waals surface area contributed by atoms with Crippen LogP contribution in [0.25, 0.3) is 77.1 Å². The van der Waals surface area contributed by atoms with Crippen molar-refractivity contribution in [3.63, 3.8) is 0 Å². The van der Waals surface area contributed by atoms with Crippen LogP contribution in [0.2, 0.25) is 0 Å². The molecule has 0 amide bonds. The van der Waals surface area contributed by atoms with Crippen molar-refractivity contribution in [1.82, 2.24) is 9.88 Å². The molecule has 296 valence electrons. The van der Waals surface area contributed by atoms with Gasteiger partial charge in [0.25, 0.3) is 0 Å². The third-order valence-corrected chi connectivity index (χ3v) is 13.9. The van der Waals surface area contributed by atoms with Gasteiger partial charge in [-0.25, -0.2) is 4.99 Å². The summed E-state index contributed by atoms with van der Waals surface area (Å²) in [7, 11) is 0. The van der Waals surface area contributed by atoms with E-state index < -0.39 is 0 Å². The number of nitrogens with one attached hydrogen (secondary N) is 1. The topological polar surface area (TPSA) is 54.8 Å². The summed E-state index contributed by atoms with van der Waals surface area (Å²) < 4.78 is 9.04. The molecular weight excluding hydrogens is 757 g/mol. The molecule has 5 nitrogen and oxygen atoms in total. The molecule has 10 aromatic rings. The minimum absolute atomic E-state index is 0.0373. The second-order valence-electron chi connectivity index (χ2n) is 17.3. The molecular formula is C57H42N4O. The summed E-state index contributed by atoms with van der Waals surface area (Å²) in [5.74, 6) is 1.42. The number of benzene rings is 8. The van der Waals surface area contributed by atoms with Crippen molar-refractivity contribution in [2.45, 2.75) is 43.7 Å². The van der Waals surface area contributed by atoms with Crippen LogP contribution in [0.15, 0.2) is 196 Å². The van der Waals surface area contributed by atoms with Gasteiger partial charge >= 0.3 is 0 Å². The molecule has 0 bridgehead atoms. The predicted molar refractivity (Wildman–Crippen MR) is 255 cm³/mol. The first kappa shape index (κ1) is 35.3. The Hall–Kier alpha value is -7.50. The Morgan fingerprint density at radius 1 is 0.484 bits per heavy atom. The van der Waals surface area contributed by atoms with Gasteiger partial charge in [-0.3, -0.25) is 4.57 Å². The number of amidine groups is 1. The van der Waals surface area contributed by atoms with E-state index in [2.05, 4.69) is 192 Å². The van der Waals surface area contributed by atoms with Crippen LogP contribution >= 0.6 is 0 Å². The highest BCUT2D eigenvalue weighted by molar-refractivity contribution is 6.19. The molecule has 2 aliphatic carbocycles. The Kier molecular flexibility index (Phi) is 7.83. The van der Waals surface area contributed by atoms with Gasteiger partial charge in [0.15, 0.2) is 5.84 Å². The van der Waals surface area contributed by atoms with E-state index in [1.54, 1.807) is 0 Å². The molecule has 1 unspecified atom stereocenters. The molecule has 1 aliphatic heterocycles. The van der Waals surface area contributed by atoms with Gasteiger partial charge < -0.3 is 9.73 Å². The van der Waals surface area contributed by atoms with Gasteiger partial charge in [-0.1, -0.05) is 153 Å². The van der Waals surface area contributed by atoms with E-state index >= 15 is 0 Å². The molecule has 1 spiro atoms. The lowest BCUT2D eigenvalue weighted by Crippen LogP contribution is -2.37. The van der Waals surface area contributed by atoms with Crippen molar-refractivity contribution in [3.8, 4) is 33.4 Å². The first-order valence-electron chi connectivity index (χ1n) is 22.0. The Morgan fingerprint density at radius 2 is 1.15 bits per heavy atom. The number of furan rings is 1. The highest BCUT2D eigenvalue weighted by atomic mass is 16.3. The van der Waals surface area contributed by atoms with Gasteiger partial charge in [-0.15, -0.1) is 0 Å². The number of aliphatic imine (C=N–C) groups is 2. The van der Waals surface area contributed by atoms with Crippen LogP contribution in [0.4, 0.5) is 0 Å². The summed E-state index contributed by atoms with van der Waals surface area (Å²) in [5, 5.41) is 8.42. The maximum Gasteiger partial charge on any atom is 0.211 e. The summed E-state index contributed by atoms with van der Waals surface area (Å²) in [6, 6.07) is 65.6. The average Bonchev–Trinajstić information content (AvgIpc) is 3.96. The van der Waals surface area contributed by atoms with Crippen LogP contribution in [-0.2, 0) is 5.41 Å². The molecule has 1 N–H and O–H groups in total. The fourth-order valence-corrected chi connectivity index (χ4v) is 10.9. The number of hydrogen-bond donors (Lipinski definition) is 1. The molecule has 1 saturated carbocycles. The predicted octanol–water partition coefficient (Wildman–Crippen LogP) is 14.2. The number of para-hydroxylation sites is 1. The van der Waals surface area contributed by atoms with Gasteiger partial charge in [0, 0.05) is 32.5 Å². The fraction of sp³-hybridized carbons (Fsp3) is 0.123. The number of aromatic nitrogens is 1. The molecule has 0 radical (unpaired) electrons. The Labute approximate surface area is 359 Å². The lowest BCUT2D eigenvalue weighted by atomic mass is 9.68. The smallest absolute Gasteiger partial charge is 0.211 e. The standard InChI is InChI=1S/C57H42N4O/c1-4-15-36(16-5-1)38-19-14-20-39(31-38)40-25-27-44-45-28-26-41(33-53(45)62-52(44)32-40)55-58-54(37-17-6-2-7-18-37)59-56(60-55)61-50-24-11-9-22-43(50)47-34-46-42-21-8-10-23-48(42)57(29-12-3-13-30-57)49(46)35-51(47)61/h1-2,4-11,14-28,31-35,54H,3,12-13,29-30H2,(H,58,59,60). The van der Waals surface area contributed by atoms with E-state index in [-0.39, 0.29) is 11.6 Å². The van der Waals surface area contributed by atoms with Gasteiger partial charge in [-0.05, 0) is 111 Å². The van der Waals surface area contributed by atoms with E-state index in [0.29, 0.717) is 5.84 Å². The molecule has 5 heteroatoms. The van der Waals surface area contributed by atoms with Crippen molar-refractivity contribution in [1.29, 1.82) is 0 Å². The molecule has 8 aromatic carbocycles. The van der Waals surface area contributed by atoms with Crippen LogP contribution in [0.5, 0.6) is 0 Å². The quantitative estimate of drug-likeness (QED) is 0.193. The Bertz CT molecular complexity index is 3480. The summed E-state index contributed by atoms with van der Waals surface area (Å²) in [6.45, 7) is 0. The van der Waals surface area contributed by atoms with Crippen LogP contribution < -0.4 is 5.32 Å². The molecule has 2 aromatic heterocycles. The van der Waals surface area contributed by atoms with Crippen molar-refractivity contribution >= 4 is 55.5 Å². The van der Waals surface area contributed by atoms with Crippen LogP contribution in [0, 0.1) is 0 Å². The molecule has 3 heterocycles. The highest BCUT2D eigenvalue weighted by Gasteiger charge is 2.44. The summed E-state index contributed by atoms with van der Waals surface area (Å²) in [6.07, 6.45) is 5.82. The van der Waals surface area contributed by atoms with Crippen molar-refractivity contribution in [2.24, 2.45) is 9.98 Å². The summed E-state index contributed by atoms with van der Waals surface area (Å²) in [5.41, 5.74) is 16.4. The maximum absolute atomic E-state index is 6.69. The number of rotatable bonds is 4. The van der Waals surface area contributed by atoms with E-state index in [4.69, 9.17) is 14.4 Å². The second-order valence-corrected chi connectivity index (χ2v) is 17.3. The van der Waals surface area contributed by atoms with E-state index in [0.717, 1.165) is 55.7 Å². The Balaban J connectivity index is 0.953. The SMILES string of the molecule is c1ccc(-c2cccc(-c3ccc4c(c3)oc3cc(C5=NC(c6ccccc6)NC(n6c7ccccc7c7cc8c(cc76)C6(CCCCC6)c6ccccc6-8)=N5)ccc34)c2)cc1. The molecule has 1 atom stereocenters. The minimum atomic E-state index is -0.348. The van der Waals surface area contributed by atoms with Gasteiger partial charge in [-0.2, -0.15) is 4.99 Å². The maximum atomic E-state index is 6.69. The van der Waals surface area contributed by atoms with Gasteiger partial charge in [0.2, 0.25) is 5.96 Å². The third kappa shape index (κ3) is 5.41. The van der Waals surface area contributed by atoms with E-state index in [1.165, 1.54) is 81.8 Å². The zero-order valence-corrected chi connectivity index (χ0v) is 34.2. The summed E-state index contributed by atoms with van der Waals surface area (Å²) in [4.78, 5) is 10.7. The first-order valence-corrected chi connectivity index (χ1v) is 22.0. The average molecular weight is 799 g/mol.